The fraction of sp³-hybridized carbons (Fsp3) is 0.379. The highest BCUT2D eigenvalue weighted by Gasteiger charge is 2.32. The van der Waals surface area contributed by atoms with Crippen LogP contribution in [0.1, 0.15) is 43.1 Å². The van der Waals surface area contributed by atoms with Gasteiger partial charge >= 0.3 is 5.97 Å². The number of likely N-dealkylation sites (N-methyl/N-ethyl adjacent to an activating group) is 1. The van der Waals surface area contributed by atoms with Crippen LogP contribution in [-0.4, -0.2) is 54.7 Å². The van der Waals surface area contributed by atoms with Crippen LogP contribution in [0.3, 0.4) is 0 Å². The van der Waals surface area contributed by atoms with E-state index in [9.17, 15) is 4.79 Å². The molecule has 1 atom stereocenters. The molecular weight excluding hydrogens is 438 g/mol. The van der Waals surface area contributed by atoms with Gasteiger partial charge in [0.1, 0.15) is 17.1 Å². The molecule has 2 aromatic carbocycles. The second-order valence-electron chi connectivity index (χ2n) is 9.18. The predicted molar refractivity (Wildman–Crippen MR) is 140 cm³/mol. The van der Waals surface area contributed by atoms with E-state index in [-0.39, 0.29) is 12.1 Å². The molecule has 184 valence electrons. The number of carbonyl (C=O) groups excluding carboxylic acids is 1. The van der Waals surface area contributed by atoms with E-state index in [0.717, 1.165) is 49.5 Å². The minimum Gasteiger partial charge on any atom is -0.497 e. The van der Waals surface area contributed by atoms with Gasteiger partial charge in [-0.05, 0) is 56.1 Å². The molecule has 1 fully saturated rings. The van der Waals surface area contributed by atoms with Crippen molar-refractivity contribution >= 4 is 11.8 Å². The molecule has 3 aromatic rings. The van der Waals surface area contributed by atoms with Crippen molar-refractivity contribution in [2.45, 2.75) is 45.9 Å². The van der Waals surface area contributed by atoms with Crippen LogP contribution in [0.4, 0.5) is 5.82 Å². The van der Waals surface area contributed by atoms with Gasteiger partial charge in [-0.15, -0.1) is 0 Å². The van der Waals surface area contributed by atoms with Gasteiger partial charge < -0.3 is 14.4 Å². The molecule has 0 amide bonds. The Hall–Kier alpha value is -3.38. The number of methoxy groups -OCH3 is 1. The monoisotopic (exact) mass is 473 g/mol. The molecule has 2 heterocycles. The van der Waals surface area contributed by atoms with Crippen LogP contribution in [-0.2, 0) is 11.3 Å². The summed E-state index contributed by atoms with van der Waals surface area (Å²) in [6.45, 7) is 9.43. The van der Waals surface area contributed by atoms with E-state index in [2.05, 4.69) is 28.9 Å². The Morgan fingerprint density at radius 2 is 1.86 bits per heavy atom. The normalized spacial score (nSPS) is 15.6. The fourth-order valence-electron chi connectivity index (χ4n) is 4.72. The predicted octanol–water partition coefficient (Wildman–Crippen LogP) is 5.42. The zero-order valence-electron chi connectivity index (χ0n) is 21.1. The minimum atomic E-state index is -0.323. The van der Waals surface area contributed by atoms with Crippen molar-refractivity contribution < 1.29 is 14.3 Å². The van der Waals surface area contributed by atoms with E-state index in [1.165, 1.54) is 5.56 Å². The Bertz CT molecular complexity index is 1120. The van der Waals surface area contributed by atoms with Crippen LogP contribution in [0.2, 0.25) is 0 Å². The Kier molecular flexibility index (Phi) is 8.03. The molecule has 0 bridgehead atoms. The molecule has 35 heavy (non-hydrogen) atoms. The van der Waals surface area contributed by atoms with Gasteiger partial charge in [-0.2, -0.15) is 0 Å². The summed E-state index contributed by atoms with van der Waals surface area (Å²) < 4.78 is 11.0. The average molecular weight is 474 g/mol. The van der Waals surface area contributed by atoms with Crippen LogP contribution < -0.4 is 9.64 Å². The molecule has 6 nitrogen and oxygen atoms in total. The number of nitrogens with zero attached hydrogens (tertiary/aromatic N) is 3. The van der Waals surface area contributed by atoms with Crippen molar-refractivity contribution in [3.63, 3.8) is 0 Å². The third-order valence-electron chi connectivity index (χ3n) is 6.49. The summed E-state index contributed by atoms with van der Waals surface area (Å²) in [6.07, 6.45) is 2.61. The zero-order chi connectivity index (χ0) is 24.8. The number of carbonyl (C=O) groups is 1. The molecule has 4 rings (SSSR count). The van der Waals surface area contributed by atoms with Gasteiger partial charge in [-0.1, -0.05) is 49.4 Å². The number of rotatable bonds is 9. The lowest BCUT2D eigenvalue weighted by Gasteiger charge is -2.28. The largest absolute Gasteiger partial charge is 0.497 e. The van der Waals surface area contributed by atoms with Crippen LogP contribution >= 0.6 is 0 Å². The van der Waals surface area contributed by atoms with Gasteiger partial charge in [0.2, 0.25) is 0 Å². The lowest BCUT2D eigenvalue weighted by Crippen LogP contribution is -2.37. The molecule has 0 N–H and O–H groups in total. The molecule has 6 heteroatoms. The quantitative estimate of drug-likeness (QED) is 0.387. The molecule has 0 radical (unpaired) electrons. The second-order valence-corrected chi connectivity index (χ2v) is 9.18. The summed E-state index contributed by atoms with van der Waals surface area (Å²) >= 11 is 0. The highest BCUT2D eigenvalue weighted by Crippen LogP contribution is 2.33. The number of esters is 1. The van der Waals surface area contributed by atoms with Gasteiger partial charge in [-0.25, -0.2) is 9.78 Å². The molecule has 0 unspecified atom stereocenters. The summed E-state index contributed by atoms with van der Waals surface area (Å²) in [5.74, 6) is 1.25. The first-order chi connectivity index (χ1) is 17.0. The number of benzene rings is 2. The SMILES string of the molecule is CCN(Cc1ccc(OC)cc1)[C@@H]1CCN(c2nccc(-c3ccccc3)c2C(=O)OC(C)C)C1. The van der Waals surface area contributed by atoms with E-state index in [4.69, 9.17) is 14.5 Å². The van der Waals surface area contributed by atoms with Crippen LogP contribution in [0.15, 0.2) is 66.9 Å². The molecular formula is C29H35N3O3. The number of ether oxygens (including phenoxy) is 2. The lowest BCUT2D eigenvalue weighted by atomic mass is 10.0. The van der Waals surface area contributed by atoms with Gasteiger partial charge in [0.05, 0.1) is 13.2 Å². The van der Waals surface area contributed by atoms with E-state index in [1.54, 1.807) is 13.3 Å². The van der Waals surface area contributed by atoms with Crippen LogP contribution in [0.5, 0.6) is 5.75 Å². The Morgan fingerprint density at radius 3 is 2.51 bits per heavy atom. The Morgan fingerprint density at radius 1 is 1.11 bits per heavy atom. The van der Waals surface area contributed by atoms with Crippen molar-refractivity contribution in [1.82, 2.24) is 9.88 Å². The third-order valence-corrected chi connectivity index (χ3v) is 6.49. The van der Waals surface area contributed by atoms with Gasteiger partial charge in [0.15, 0.2) is 0 Å². The first kappa shape index (κ1) is 24.7. The Labute approximate surface area is 208 Å². The highest BCUT2D eigenvalue weighted by molar-refractivity contribution is 6.02. The summed E-state index contributed by atoms with van der Waals surface area (Å²) in [4.78, 5) is 22.7. The molecule has 0 saturated carbocycles. The summed E-state index contributed by atoms with van der Waals surface area (Å²) in [6, 6.07) is 20.5. The first-order valence-corrected chi connectivity index (χ1v) is 12.4. The Balaban J connectivity index is 1.59. The van der Waals surface area contributed by atoms with E-state index in [0.29, 0.717) is 17.4 Å². The first-order valence-electron chi connectivity index (χ1n) is 12.4. The highest BCUT2D eigenvalue weighted by atomic mass is 16.5. The topological polar surface area (TPSA) is 54.9 Å². The second kappa shape index (κ2) is 11.4. The summed E-state index contributed by atoms with van der Waals surface area (Å²) in [5.41, 5.74) is 3.65. The maximum absolute atomic E-state index is 13.3. The number of pyridine rings is 1. The van der Waals surface area contributed by atoms with Crippen molar-refractivity contribution in [3.05, 3.63) is 78.0 Å². The van der Waals surface area contributed by atoms with Crippen molar-refractivity contribution in [2.24, 2.45) is 0 Å². The average Bonchev–Trinajstić information content (AvgIpc) is 3.37. The van der Waals surface area contributed by atoms with E-state index in [1.807, 2.05) is 62.4 Å². The van der Waals surface area contributed by atoms with Gasteiger partial charge in [0, 0.05) is 37.4 Å². The third kappa shape index (κ3) is 5.82. The molecule has 1 aliphatic rings. The fourth-order valence-corrected chi connectivity index (χ4v) is 4.72. The maximum Gasteiger partial charge on any atom is 0.342 e. The van der Waals surface area contributed by atoms with Gasteiger partial charge in [-0.3, -0.25) is 4.90 Å². The van der Waals surface area contributed by atoms with Crippen LogP contribution in [0, 0.1) is 0 Å². The number of aromatic nitrogens is 1. The van der Waals surface area contributed by atoms with Gasteiger partial charge in [0.25, 0.3) is 0 Å². The van der Waals surface area contributed by atoms with E-state index >= 15 is 0 Å². The number of hydrogen-bond acceptors (Lipinski definition) is 6. The van der Waals surface area contributed by atoms with Crippen LogP contribution in [0.25, 0.3) is 11.1 Å². The summed E-state index contributed by atoms with van der Waals surface area (Å²) in [7, 11) is 1.69. The molecule has 1 saturated heterocycles. The molecule has 1 aliphatic heterocycles. The van der Waals surface area contributed by atoms with E-state index < -0.39 is 0 Å². The standard InChI is InChI=1S/C29H35N3O3/c1-5-31(19-22-11-13-25(34-4)14-12-22)24-16-18-32(20-24)28-27(29(33)35-21(2)3)26(15-17-30-28)23-9-7-6-8-10-23/h6-15,17,21,24H,5,16,18-20H2,1-4H3/t24-/m1/s1. The lowest BCUT2D eigenvalue weighted by molar-refractivity contribution is 0.0379. The number of hydrogen-bond donors (Lipinski definition) is 0. The van der Waals surface area contributed by atoms with Crippen molar-refractivity contribution in [2.75, 3.05) is 31.6 Å². The summed E-state index contributed by atoms with van der Waals surface area (Å²) in [5, 5.41) is 0. The maximum atomic E-state index is 13.3. The minimum absolute atomic E-state index is 0.203. The molecule has 0 spiro atoms. The smallest absolute Gasteiger partial charge is 0.342 e. The number of anilines is 1. The zero-order valence-corrected chi connectivity index (χ0v) is 21.1. The molecule has 1 aromatic heterocycles. The van der Waals surface area contributed by atoms with Crippen molar-refractivity contribution in [3.8, 4) is 16.9 Å². The van der Waals surface area contributed by atoms with Crippen molar-refractivity contribution in [1.29, 1.82) is 0 Å². The molecule has 0 aliphatic carbocycles.